The SMILES string of the molecule is NCCCCC(NC(=O)C(N)Cc1ccc(O)cc1)C(=O)NC(Cc1ccc(O)cc1)C(=O)NC(CC(=O)O)C(=O)O. The summed E-state index contributed by atoms with van der Waals surface area (Å²) in [6.45, 7) is 0.342. The lowest BCUT2D eigenvalue weighted by molar-refractivity contribution is -0.147. The van der Waals surface area contributed by atoms with Crippen LogP contribution in [-0.2, 0) is 36.8 Å². The minimum Gasteiger partial charge on any atom is -0.508 e. The molecule has 4 atom stereocenters. The summed E-state index contributed by atoms with van der Waals surface area (Å²) >= 11 is 0. The van der Waals surface area contributed by atoms with Gasteiger partial charge >= 0.3 is 11.9 Å². The molecule has 42 heavy (non-hydrogen) atoms. The minimum atomic E-state index is -1.76. The highest BCUT2D eigenvalue weighted by atomic mass is 16.4. The molecule has 0 spiro atoms. The summed E-state index contributed by atoms with van der Waals surface area (Å²) in [5.41, 5.74) is 12.8. The molecule has 0 aliphatic carbocycles. The van der Waals surface area contributed by atoms with Crippen molar-refractivity contribution in [2.24, 2.45) is 11.5 Å². The van der Waals surface area contributed by atoms with Crippen molar-refractivity contribution in [2.45, 2.75) is 62.7 Å². The topological polar surface area (TPSA) is 254 Å². The molecule has 0 saturated heterocycles. The second-order valence-electron chi connectivity index (χ2n) is 9.75. The van der Waals surface area contributed by atoms with Crippen molar-refractivity contribution < 1.29 is 44.4 Å². The Labute approximate surface area is 242 Å². The standard InChI is InChI=1S/C28H37N5O9/c29-12-2-1-3-21(31-25(38)20(30)13-16-4-8-18(34)9-5-16)26(39)32-22(14-17-6-10-19(35)11-7-17)27(40)33-23(28(41)42)15-24(36)37/h4-11,20-23,34-35H,1-3,12-15,29-30H2,(H,31,38)(H,32,39)(H,33,40)(H,36,37)(H,41,42). The van der Waals surface area contributed by atoms with E-state index in [-0.39, 0.29) is 30.8 Å². The number of rotatable bonds is 17. The zero-order valence-electron chi connectivity index (χ0n) is 22.9. The van der Waals surface area contributed by atoms with Crippen molar-refractivity contribution in [2.75, 3.05) is 6.54 Å². The van der Waals surface area contributed by atoms with E-state index in [1.165, 1.54) is 36.4 Å². The molecule has 0 heterocycles. The van der Waals surface area contributed by atoms with Crippen LogP contribution in [0.15, 0.2) is 48.5 Å². The largest absolute Gasteiger partial charge is 0.508 e. The van der Waals surface area contributed by atoms with Crippen LogP contribution in [0.3, 0.4) is 0 Å². The van der Waals surface area contributed by atoms with Crippen LogP contribution >= 0.6 is 0 Å². The van der Waals surface area contributed by atoms with E-state index in [1.54, 1.807) is 12.1 Å². The molecule has 0 fully saturated rings. The molecule has 3 amide bonds. The molecular formula is C28H37N5O9. The van der Waals surface area contributed by atoms with Crippen LogP contribution in [0.1, 0.15) is 36.8 Å². The number of carbonyl (C=O) groups excluding carboxylic acids is 3. The molecule has 11 N–H and O–H groups in total. The van der Waals surface area contributed by atoms with E-state index in [1.807, 2.05) is 0 Å². The first-order valence-electron chi connectivity index (χ1n) is 13.3. The molecule has 14 nitrogen and oxygen atoms in total. The van der Waals surface area contributed by atoms with E-state index in [2.05, 4.69) is 16.0 Å². The summed E-state index contributed by atoms with van der Waals surface area (Å²) in [5.74, 6) is -5.35. The predicted molar refractivity (Wildman–Crippen MR) is 150 cm³/mol. The normalized spacial score (nSPS) is 13.7. The molecule has 0 aliphatic heterocycles. The number of nitrogens with one attached hydrogen (secondary N) is 3. The van der Waals surface area contributed by atoms with E-state index in [0.29, 0.717) is 30.5 Å². The fourth-order valence-electron chi connectivity index (χ4n) is 4.02. The number of aliphatic carboxylic acids is 2. The molecule has 0 bridgehead atoms. The molecular weight excluding hydrogens is 550 g/mol. The highest BCUT2D eigenvalue weighted by Crippen LogP contribution is 2.13. The van der Waals surface area contributed by atoms with Gasteiger partial charge in [-0.25, -0.2) is 4.79 Å². The van der Waals surface area contributed by atoms with Gasteiger partial charge in [0.2, 0.25) is 17.7 Å². The summed E-state index contributed by atoms with van der Waals surface area (Å²) in [6.07, 6.45) is 0.252. The van der Waals surface area contributed by atoms with Crippen LogP contribution < -0.4 is 27.4 Å². The second kappa shape index (κ2) is 16.5. The van der Waals surface area contributed by atoms with Crippen molar-refractivity contribution in [3.63, 3.8) is 0 Å². The number of hydrogen-bond donors (Lipinski definition) is 9. The van der Waals surface area contributed by atoms with Crippen molar-refractivity contribution in [1.82, 2.24) is 16.0 Å². The van der Waals surface area contributed by atoms with Gasteiger partial charge in [-0.3, -0.25) is 19.2 Å². The summed E-state index contributed by atoms with van der Waals surface area (Å²) in [6, 6.07) is 6.55. The Morgan fingerprint density at radius 3 is 1.64 bits per heavy atom. The highest BCUT2D eigenvalue weighted by molar-refractivity contribution is 5.94. The van der Waals surface area contributed by atoms with E-state index in [9.17, 15) is 39.3 Å². The van der Waals surface area contributed by atoms with Crippen LogP contribution in [0.2, 0.25) is 0 Å². The number of benzene rings is 2. The maximum atomic E-state index is 13.4. The van der Waals surface area contributed by atoms with Gasteiger partial charge in [-0.15, -0.1) is 0 Å². The Bertz CT molecular complexity index is 1220. The van der Waals surface area contributed by atoms with Gasteiger partial charge < -0.3 is 47.8 Å². The number of carboxylic acid groups (broad SMARTS) is 2. The number of carboxylic acids is 2. The van der Waals surface area contributed by atoms with E-state index >= 15 is 0 Å². The Morgan fingerprint density at radius 1 is 0.667 bits per heavy atom. The lowest BCUT2D eigenvalue weighted by Gasteiger charge is -2.25. The lowest BCUT2D eigenvalue weighted by atomic mass is 10.0. The zero-order valence-corrected chi connectivity index (χ0v) is 22.9. The average molecular weight is 588 g/mol. The molecule has 2 rings (SSSR count). The van der Waals surface area contributed by atoms with Gasteiger partial charge in [-0.05, 0) is 67.6 Å². The van der Waals surface area contributed by atoms with Gasteiger partial charge in [0.15, 0.2) is 0 Å². The quantitative estimate of drug-likeness (QED) is 0.105. The number of unbranched alkanes of at least 4 members (excludes halogenated alkanes) is 1. The molecule has 0 radical (unpaired) electrons. The third-order valence-electron chi connectivity index (χ3n) is 6.31. The van der Waals surface area contributed by atoms with Crippen molar-refractivity contribution >= 4 is 29.7 Å². The van der Waals surface area contributed by atoms with Crippen LogP contribution in [0.4, 0.5) is 0 Å². The maximum Gasteiger partial charge on any atom is 0.326 e. The van der Waals surface area contributed by atoms with E-state index in [4.69, 9.17) is 16.6 Å². The number of phenols is 2. The second-order valence-corrected chi connectivity index (χ2v) is 9.75. The Kier molecular flexibility index (Phi) is 13.2. The van der Waals surface area contributed by atoms with Crippen LogP contribution in [0.25, 0.3) is 0 Å². The molecule has 14 heteroatoms. The van der Waals surface area contributed by atoms with Gasteiger partial charge in [0.1, 0.15) is 29.6 Å². The number of carbonyl (C=O) groups is 5. The van der Waals surface area contributed by atoms with Crippen molar-refractivity contribution in [3.8, 4) is 11.5 Å². The number of aromatic hydroxyl groups is 2. The third kappa shape index (κ3) is 11.4. The number of hydrogen-bond acceptors (Lipinski definition) is 9. The van der Waals surface area contributed by atoms with Crippen LogP contribution in [0, 0.1) is 0 Å². The first-order valence-corrected chi connectivity index (χ1v) is 13.3. The smallest absolute Gasteiger partial charge is 0.326 e. The third-order valence-corrected chi connectivity index (χ3v) is 6.31. The van der Waals surface area contributed by atoms with Crippen LogP contribution in [0.5, 0.6) is 11.5 Å². The van der Waals surface area contributed by atoms with Gasteiger partial charge in [0.05, 0.1) is 12.5 Å². The first kappa shape index (κ1) is 33.5. The summed E-state index contributed by atoms with van der Waals surface area (Å²) < 4.78 is 0. The average Bonchev–Trinajstić information content (AvgIpc) is 2.93. The van der Waals surface area contributed by atoms with Gasteiger partial charge in [0, 0.05) is 6.42 Å². The van der Waals surface area contributed by atoms with Gasteiger partial charge in [-0.2, -0.15) is 0 Å². The van der Waals surface area contributed by atoms with Crippen LogP contribution in [-0.4, -0.2) is 80.8 Å². The molecule has 4 unspecified atom stereocenters. The predicted octanol–water partition coefficient (Wildman–Crippen LogP) is -0.647. The lowest BCUT2D eigenvalue weighted by Crippen LogP contribution is -2.58. The summed E-state index contributed by atoms with van der Waals surface area (Å²) in [4.78, 5) is 62.0. The van der Waals surface area contributed by atoms with Crippen molar-refractivity contribution in [3.05, 3.63) is 59.7 Å². The Balaban J connectivity index is 2.23. The number of phenolic OH excluding ortho intramolecular Hbond substituents is 2. The fourth-order valence-corrected chi connectivity index (χ4v) is 4.02. The van der Waals surface area contributed by atoms with E-state index < -0.39 is 60.2 Å². The maximum absolute atomic E-state index is 13.4. The molecule has 0 aromatic heterocycles. The van der Waals surface area contributed by atoms with Gasteiger partial charge in [0.25, 0.3) is 0 Å². The summed E-state index contributed by atoms with van der Waals surface area (Å²) in [7, 11) is 0. The molecule has 0 aliphatic rings. The molecule has 0 saturated carbocycles. The fraction of sp³-hybridized carbons (Fsp3) is 0.393. The monoisotopic (exact) mass is 587 g/mol. The van der Waals surface area contributed by atoms with Gasteiger partial charge in [-0.1, -0.05) is 24.3 Å². The molecule has 2 aromatic carbocycles. The molecule has 228 valence electrons. The highest BCUT2D eigenvalue weighted by Gasteiger charge is 2.31. The zero-order chi connectivity index (χ0) is 31.2. The van der Waals surface area contributed by atoms with Crippen molar-refractivity contribution in [1.29, 1.82) is 0 Å². The number of nitrogens with two attached hydrogens (primary N) is 2. The van der Waals surface area contributed by atoms with E-state index in [0.717, 1.165) is 0 Å². The summed E-state index contributed by atoms with van der Waals surface area (Å²) in [5, 5.41) is 44.7. The Hall–Kier alpha value is -4.69. The minimum absolute atomic E-state index is 0.0393. The number of amides is 3. The molecule has 2 aromatic rings. The Morgan fingerprint density at radius 2 is 1.14 bits per heavy atom. The first-order chi connectivity index (χ1) is 19.9.